The highest BCUT2D eigenvalue weighted by molar-refractivity contribution is 5.68. The van der Waals surface area contributed by atoms with E-state index in [4.69, 9.17) is 4.74 Å². The van der Waals surface area contributed by atoms with Crippen LogP contribution in [0.15, 0.2) is 30.3 Å². The summed E-state index contributed by atoms with van der Waals surface area (Å²) in [4.78, 5) is 16.8. The molecule has 0 spiro atoms. The number of carbonyl (C=O) groups is 1. The standard InChI is InChI=1S/C21H32N2O2/c1-21(2,3)25-20(24)22(4)16-10-12-18(13-11-16)23(19-14-15-19)17-8-6-5-7-9-17/h5-9,16,18-19H,10-15H2,1-4H3. The van der Waals surface area contributed by atoms with Crippen molar-refractivity contribution < 1.29 is 9.53 Å². The van der Waals surface area contributed by atoms with Crippen molar-refractivity contribution in [3.8, 4) is 0 Å². The van der Waals surface area contributed by atoms with Gasteiger partial charge in [0.05, 0.1) is 0 Å². The Bertz CT molecular complexity index is 569. The lowest BCUT2D eigenvalue weighted by Crippen LogP contribution is -2.46. The number of benzene rings is 1. The molecule has 25 heavy (non-hydrogen) atoms. The van der Waals surface area contributed by atoms with E-state index in [1.807, 2.05) is 32.7 Å². The molecule has 1 aromatic carbocycles. The van der Waals surface area contributed by atoms with Crippen LogP contribution >= 0.6 is 0 Å². The van der Waals surface area contributed by atoms with Crippen LogP contribution in [-0.4, -0.2) is 41.8 Å². The van der Waals surface area contributed by atoms with Crippen LogP contribution in [0, 0.1) is 0 Å². The Hall–Kier alpha value is -1.71. The molecule has 0 N–H and O–H groups in total. The van der Waals surface area contributed by atoms with E-state index >= 15 is 0 Å². The smallest absolute Gasteiger partial charge is 0.410 e. The first kappa shape index (κ1) is 18.1. The number of hydrogen-bond acceptors (Lipinski definition) is 3. The highest BCUT2D eigenvalue weighted by Gasteiger charge is 2.37. The van der Waals surface area contributed by atoms with Crippen molar-refractivity contribution in [3.63, 3.8) is 0 Å². The van der Waals surface area contributed by atoms with Gasteiger partial charge in [0.15, 0.2) is 0 Å². The van der Waals surface area contributed by atoms with E-state index in [0.29, 0.717) is 18.1 Å². The molecule has 1 aromatic rings. The van der Waals surface area contributed by atoms with Crippen molar-refractivity contribution in [1.82, 2.24) is 4.90 Å². The number of carbonyl (C=O) groups excluding carboxylic acids is 1. The molecular formula is C21H32N2O2. The van der Waals surface area contributed by atoms with Gasteiger partial charge in [0.25, 0.3) is 0 Å². The summed E-state index contributed by atoms with van der Waals surface area (Å²) in [6, 6.07) is 12.4. The average Bonchev–Trinajstić information content (AvgIpc) is 3.39. The molecule has 2 aliphatic rings. The maximum atomic E-state index is 12.3. The van der Waals surface area contributed by atoms with Crippen LogP contribution < -0.4 is 4.90 Å². The van der Waals surface area contributed by atoms with Gasteiger partial charge < -0.3 is 14.5 Å². The maximum Gasteiger partial charge on any atom is 0.410 e. The zero-order chi connectivity index (χ0) is 18.0. The summed E-state index contributed by atoms with van der Waals surface area (Å²) >= 11 is 0. The third kappa shape index (κ3) is 4.68. The van der Waals surface area contributed by atoms with Gasteiger partial charge in [-0.1, -0.05) is 18.2 Å². The van der Waals surface area contributed by atoms with Crippen molar-refractivity contribution in [2.45, 2.75) is 83.0 Å². The minimum absolute atomic E-state index is 0.196. The molecular weight excluding hydrogens is 312 g/mol. The molecule has 0 atom stereocenters. The van der Waals surface area contributed by atoms with Gasteiger partial charge in [-0.15, -0.1) is 0 Å². The molecule has 0 aromatic heterocycles. The third-order valence-electron chi connectivity index (χ3n) is 5.28. The van der Waals surface area contributed by atoms with Crippen molar-refractivity contribution in [2.24, 2.45) is 0 Å². The highest BCUT2D eigenvalue weighted by atomic mass is 16.6. The largest absolute Gasteiger partial charge is 0.444 e. The van der Waals surface area contributed by atoms with Crippen LogP contribution in [-0.2, 0) is 4.74 Å². The van der Waals surface area contributed by atoms with Crippen molar-refractivity contribution in [2.75, 3.05) is 11.9 Å². The van der Waals surface area contributed by atoms with Crippen molar-refractivity contribution in [1.29, 1.82) is 0 Å². The number of nitrogens with zero attached hydrogens (tertiary/aromatic N) is 2. The van der Waals surface area contributed by atoms with Crippen molar-refractivity contribution in [3.05, 3.63) is 30.3 Å². The monoisotopic (exact) mass is 344 g/mol. The van der Waals surface area contributed by atoms with Gasteiger partial charge in [-0.25, -0.2) is 4.79 Å². The number of hydrogen-bond donors (Lipinski definition) is 0. The molecule has 0 radical (unpaired) electrons. The van der Waals surface area contributed by atoms with E-state index < -0.39 is 5.60 Å². The molecule has 0 heterocycles. The highest BCUT2D eigenvalue weighted by Crippen LogP contribution is 2.38. The molecule has 3 rings (SSSR count). The first-order valence-corrected chi connectivity index (χ1v) is 9.64. The Balaban J connectivity index is 1.58. The summed E-state index contributed by atoms with van der Waals surface area (Å²) in [6.45, 7) is 5.76. The van der Waals surface area contributed by atoms with Crippen LogP contribution in [0.2, 0.25) is 0 Å². The molecule has 2 aliphatic carbocycles. The summed E-state index contributed by atoms with van der Waals surface area (Å²) in [6.07, 6.45) is 6.82. The van der Waals surface area contributed by atoms with Gasteiger partial charge in [-0.05, 0) is 71.4 Å². The summed E-state index contributed by atoms with van der Waals surface area (Å²) < 4.78 is 5.52. The summed E-state index contributed by atoms with van der Waals surface area (Å²) in [5.74, 6) is 0. The fourth-order valence-corrected chi connectivity index (χ4v) is 3.88. The predicted molar refractivity (Wildman–Crippen MR) is 102 cm³/mol. The van der Waals surface area contributed by atoms with Gasteiger partial charge in [0, 0.05) is 30.9 Å². The van der Waals surface area contributed by atoms with E-state index in [9.17, 15) is 4.79 Å². The summed E-state index contributed by atoms with van der Waals surface area (Å²) in [7, 11) is 1.88. The predicted octanol–water partition coefficient (Wildman–Crippen LogP) is 4.83. The van der Waals surface area contributed by atoms with Crippen LogP contribution in [0.1, 0.15) is 59.3 Å². The quantitative estimate of drug-likeness (QED) is 0.784. The molecule has 0 saturated heterocycles. The van der Waals surface area contributed by atoms with Gasteiger partial charge in [0.1, 0.15) is 5.60 Å². The fraction of sp³-hybridized carbons (Fsp3) is 0.667. The second kappa shape index (κ2) is 7.27. The fourth-order valence-electron chi connectivity index (χ4n) is 3.88. The average molecular weight is 344 g/mol. The maximum absolute atomic E-state index is 12.3. The van der Waals surface area contributed by atoms with Gasteiger partial charge in [0.2, 0.25) is 0 Å². The zero-order valence-electron chi connectivity index (χ0n) is 16.1. The topological polar surface area (TPSA) is 32.8 Å². The number of amides is 1. The lowest BCUT2D eigenvalue weighted by molar-refractivity contribution is 0.0182. The number of ether oxygens (including phenoxy) is 1. The van der Waals surface area contributed by atoms with Crippen LogP contribution in [0.4, 0.5) is 10.5 Å². The molecule has 4 heteroatoms. The Kier molecular flexibility index (Phi) is 5.26. The first-order valence-electron chi connectivity index (χ1n) is 9.64. The Morgan fingerprint density at radius 1 is 0.920 bits per heavy atom. The normalized spacial score (nSPS) is 23.8. The van der Waals surface area contributed by atoms with Crippen LogP contribution in [0.3, 0.4) is 0 Å². The number of para-hydroxylation sites is 1. The molecule has 0 unspecified atom stereocenters. The lowest BCUT2D eigenvalue weighted by Gasteiger charge is -2.41. The number of anilines is 1. The minimum atomic E-state index is -0.432. The van der Waals surface area contributed by atoms with Gasteiger partial charge >= 0.3 is 6.09 Å². The van der Waals surface area contributed by atoms with E-state index in [0.717, 1.165) is 25.7 Å². The van der Waals surface area contributed by atoms with E-state index in [1.54, 1.807) is 0 Å². The molecule has 1 amide bonds. The second-order valence-corrected chi connectivity index (χ2v) is 8.53. The summed E-state index contributed by atoms with van der Waals surface area (Å²) in [5, 5.41) is 0. The molecule has 4 nitrogen and oxygen atoms in total. The first-order chi connectivity index (χ1) is 11.8. The van der Waals surface area contributed by atoms with E-state index in [-0.39, 0.29) is 6.09 Å². The van der Waals surface area contributed by atoms with Gasteiger partial charge in [-0.2, -0.15) is 0 Å². The van der Waals surface area contributed by atoms with E-state index in [2.05, 4.69) is 35.2 Å². The lowest BCUT2D eigenvalue weighted by atomic mass is 9.89. The Labute approximate surface area is 152 Å². The molecule has 0 bridgehead atoms. The Morgan fingerprint density at radius 3 is 1.88 bits per heavy atom. The number of rotatable bonds is 4. The van der Waals surface area contributed by atoms with Crippen LogP contribution in [0.5, 0.6) is 0 Å². The molecule has 2 fully saturated rings. The molecule has 0 aliphatic heterocycles. The van der Waals surface area contributed by atoms with Gasteiger partial charge in [-0.3, -0.25) is 0 Å². The zero-order valence-corrected chi connectivity index (χ0v) is 16.1. The minimum Gasteiger partial charge on any atom is -0.444 e. The van der Waals surface area contributed by atoms with E-state index in [1.165, 1.54) is 18.5 Å². The summed E-state index contributed by atoms with van der Waals surface area (Å²) in [5.41, 5.74) is 0.924. The van der Waals surface area contributed by atoms with Crippen molar-refractivity contribution >= 4 is 11.8 Å². The SMILES string of the molecule is CN(C(=O)OC(C)(C)C)C1CCC(N(c2ccccc2)C2CC2)CC1. The molecule has 2 saturated carbocycles. The van der Waals surface area contributed by atoms with Crippen LogP contribution in [0.25, 0.3) is 0 Å². The second-order valence-electron chi connectivity index (χ2n) is 8.53. The Morgan fingerprint density at radius 2 is 1.40 bits per heavy atom. The third-order valence-corrected chi connectivity index (χ3v) is 5.28. The molecule has 138 valence electrons.